The lowest BCUT2D eigenvalue weighted by Crippen LogP contribution is -2.01. The molecule has 0 bridgehead atoms. The second-order valence-electron chi connectivity index (χ2n) is 4.61. The third-order valence-corrected chi connectivity index (χ3v) is 4.32. The largest absolute Gasteiger partial charge is 0.497 e. The molecule has 1 aromatic carbocycles. The van der Waals surface area contributed by atoms with E-state index in [1.165, 1.54) is 17.5 Å². The Morgan fingerprint density at radius 2 is 2.00 bits per heavy atom. The van der Waals surface area contributed by atoms with E-state index in [1.807, 2.05) is 29.6 Å². The van der Waals surface area contributed by atoms with Gasteiger partial charge in [-0.3, -0.25) is 0 Å². The number of thiazole rings is 1. The number of aromatic nitrogens is 3. The third-order valence-electron chi connectivity index (χ3n) is 3.23. The fourth-order valence-electron chi connectivity index (χ4n) is 2.07. The van der Waals surface area contributed by atoms with Gasteiger partial charge in [-0.2, -0.15) is 5.26 Å². The summed E-state index contributed by atoms with van der Waals surface area (Å²) >= 11 is 7.22. The van der Waals surface area contributed by atoms with Crippen molar-refractivity contribution in [2.45, 2.75) is 5.92 Å². The summed E-state index contributed by atoms with van der Waals surface area (Å²) in [6.45, 7) is 0. The molecule has 7 heteroatoms. The van der Waals surface area contributed by atoms with E-state index in [2.05, 4.69) is 21.0 Å². The highest BCUT2D eigenvalue weighted by Gasteiger charge is 2.20. The summed E-state index contributed by atoms with van der Waals surface area (Å²) in [6.07, 6.45) is 1.53. The molecule has 0 radical (unpaired) electrons. The van der Waals surface area contributed by atoms with Gasteiger partial charge in [-0.1, -0.05) is 0 Å². The minimum absolute atomic E-state index is 0.120. The van der Waals surface area contributed by atoms with Crippen LogP contribution in [0.5, 0.6) is 5.75 Å². The second-order valence-corrected chi connectivity index (χ2v) is 5.84. The first-order valence-electron chi connectivity index (χ1n) is 6.69. The van der Waals surface area contributed by atoms with E-state index in [0.29, 0.717) is 10.7 Å². The highest BCUT2D eigenvalue weighted by atomic mass is 35.5. The molecule has 3 rings (SSSR count). The molecule has 0 N–H and O–H groups in total. The van der Waals surface area contributed by atoms with Crippen molar-refractivity contribution in [1.29, 1.82) is 5.26 Å². The molecular formula is C16H11ClN4OS. The minimum atomic E-state index is -0.563. The molecule has 5 nitrogen and oxygen atoms in total. The van der Waals surface area contributed by atoms with Crippen molar-refractivity contribution >= 4 is 22.9 Å². The van der Waals surface area contributed by atoms with Gasteiger partial charge in [0.25, 0.3) is 0 Å². The lowest BCUT2D eigenvalue weighted by Gasteiger charge is -2.05. The zero-order valence-corrected chi connectivity index (χ0v) is 13.7. The van der Waals surface area contributed by atoms with Crippen LogP contribution >= 0.6 is 22.9 Å². The number of methoxy groups -OCH3 is 1. The van der Waals surface area contributed by atoms with Crippen LogP contribution in [0, 0.1) is 11.3 Å². The van der Waals surface area contributed by atoms with E-state index >= 15 is 0 Å². The average Bonchev–Trinajstić information content (AvgIpc) is 3.05. The van der Waals surface area contributed by atoms with Gasteiger partial charge < -0.3 is 4.74 Å². The van der Waals surface area contributed by atoms with E-state index in [-0.39, 0.29) is 5.28 Å². The molecule has 3 aromatic rings. The molecule has 0 fully saturated rings. The van der Waals surface area contributed by atoms with Crippen molar-refractivity contribution in [1.82, 2.24) is 15.0 Å². The molecule has 1 atom stereocenters. The Labute approximate surface area is 142 Å². The Bertz CT molecular complexity index is 857. The van der Waals surface area contributed by atoms with Crippen LogP contribution in [0.25, 0.3) is 11.3 Å². The Balaban J connectivity index is 1.92. The van der Waals surface area contributed by atoms with Gasteiger partial charge in [0.15, 0.2) is 0 Å². The fourth-order valence-corrected chi connectivity index (χ4v) is 3.11. The van der Waals surface area contributed by atoms with Crippen LogP contribution in [-0.2, 0) is 0 Å². The number of ether oxygens (including phenoxy) is 1. The second kappa shape index (κ2) is 6.73. The molecule has 0 saturated heterocycles. The van der Waals surface area contributed by atoms with Gasteiger partial charge in [0.2, 0.25) is 5.28 Å². The number of nitriles is 1. The van der Waals surface area contributed by atoms with Crippen molar-refractivity contribution < 1.29 is 4.74 Å². The maximum atomic E-state index is 9.47. The SMILES string of the molecule is COc1ccc(-c2csc(C(C#N)c3ccnc(Cl)n3)n2)cc1. The van der Waals surface area contributed by atoms with Crippen molar-refractivity contribution in [2.24, 2.45) is 0 Å². The van der Waals surface area contributed by atoms with Gasteiger partial charge in [0.1, 0.15) is 16.7 Å². The quantitative estimate of drug-likeness (QED) is 0.672. The first-order valence-corrected chi connectivity index (χ1v) is 7.95. The molecule has 0 spiro atoms. The van der Waals surface area contributed by atoms with Crippen molar-refractivity contribution in [3.63, 3.8) is 0 Å². The van der Waals surface area contributed by atoms with Gasteiger partial charge in [-0.25, -0.2) is 15.0 Å². The van der Waals surface area contributed by atoms with Gasteiger partial charge in [-0.15, -0.1) is 11.3 Å². The van der Waals surface area contributed by atoms with Gasteiger partial charge in [0, 0.05) is 17.1 Å². The lowest BCUT2D eigenvalue weighted by atomic mass is 10.1. The molecular weight excluding hydrogens is 332 g/mol. The Morgan fingerprint density at radius 1 is 1.22 bits per heavy atom. The minimum Gasteiger partial charge on any atom is -0.497 e. The van der Waals surface area contributed by atoms with Crippen LogP contribution in [0.1, 0.15) is 16.6 Å². The molecule has 0 saturated carbocycles. The standard InChI is InChI=1S/C16H11ClN4OS/c1-22-11-4-2-10(3-5-11)14-9-23-15(20-14)12(8-18)13-6-7-19-16(17)21-13/h2-7,9,12H,1H3. The van der Waals surface area contributed by atoms with Gasteiger partial charge >= 0.3 is 0 Å². The number of benzene rings is 1. The van der Waals surface area contributed by atoms with Crippen molar-refractivity contribution in [2.75, 3.05) is 7.11 Å². The number of hydrogen-bond donors (Lipinski definition) is 0. The van der Waals surface area contributed by atoms with Crippen LogP contribution in [0.15, 0.2) is 41.9 Å². The van der Waals surface area contributed by atoms with E-state index in [4.69, 9.17) is 16.3 Å². The van der Waals surface area contributed by atoms with E-state index in [0.717, 1.165) is 17.0 Å². The van der Waals surface area contributed by atoms with Crippen LogP contribution < -0.4 is 4.74 Å². The highest BCUT2D eigenvalue weighted by molar-refractivity contribution is 7.10. The molecule has 1 unspecified atom stereocenters. The molecule has 23 heavy (non-hydrogen) atoms. The summed E-state index contributed by atoms with van der Waals surface area (Å²) in [5, 5.41) is 12.2. The summed E-state index contributed by atoms with van der Waals surface area (Å²) in [7, 11) is 1.63. The topological polar surface area (TPSA) is 71.7 Å². The molecule has 2 aromatic heterocycles. The third kappa shape index (κ3) is 3.31. The maximum absolute atomic E-state index is 9.47. The summed E-state index contributed by atoms with van der Waals surface area (Å²) < 4.78 is 5.15. The number of rotatable bonds is 4. The number of hydrogen-bond acceptors (Lipinski definition) is 6. The monoisotopic (exact) mass is 342 g/mol. The predicted octanol–water partition coefficient (Wildman–Crippen LogP) is 3.92. The first kappa shape index (κ1) is 15.4. The van der Waals surface area contributed by atoms with Crippen LogP contribution in [0.4, 0.5) is 0 Å². The van der Waals surface area contributed by atoms with Gasteiger partial charge in [-0.05, 0) is 41.9 Å². The molecule has 2 heterocycles. The molecule has 0 aliphatic rings. The summed E-state index contributed by atoms with van der Waals surface area (Å²) in [5.74, 6) is 0.224. The summed E-state index contributed by atoms with van der Waals surface area (Å²) in [4.78, 5) is 12.5. The zero-order chi connectivity index (χ0) is 16.2. The van der Waals surface area contributed by atoms with E-state index in [1.54, 1.807) is 13.2 Å². The molecule has 0 amide bonds. The normalized spacial score (nSPS) is 11.7. The molecule has 0 aliphatic heterocycles. The van der Waals surface area contributed by atoms with Crippen LogP contribution in [0.2, 0.25) is 5.28 Å². The molecule has 0 aliphatic carbocycles. The lowest BCUT2D eigenvalue weighted by molar-refractivity contribution is 0.415. The maximum Gasteiger partial charge on any atom is 0.222 e. The average molecular weight is 343 g/mol. The van der Waals surface area contributed by atoms with E-state index < -0.39 is 5.92 Å². The Hall–Kier alpha value is -2.49. The number of nitrogens with zero attached hydrogens (tertiary/aromatic N) is 4. The zero-order valence-electron chi connectivity index (χ0n) is 12.1. The summed E-state index contributed by atoms with van der Waals surface area (Å²) in [5.41, 5.74) is 2.32. The van der Waals surface area contributed by atoms with Crippen LogP contribution in [-0.4, -0.2) is 22.1 Å². The van der Waals surface area contributed by atoms with Crippen molar-refractivity contribution in [3.8, 4) is 23.1 Å². The van der Waals surface area contributed by atoms with E-state index in [9.17, 15) is 5.26 Å². The van der Waals surface area contributed by atoms with Gasteiger partial charge in [0.05, 0.1) is 24.6 Å². The summed E-state index contributed by atoms with van der Waals surface area (Å²) in [6, 6.07) is 11.5. The Morgan fingerprint density at radius 3 is 2.65 bits per heavy atom. The smallest absolute Gasteiger partial charge is 0.222 e. The van der Waals surface area contributed by atoms with Crippen molar-refractivity contribution in [3.05, 3.63) is 57.9 Å². The van der Waals surface area contributed by atoms with Crippen LogP contribution in [0.3, 0.4) is 0 Å². The predicted molar refractivity (Wildman–Crippen MR) is 88.6 cm³/mol. The Kier molecular flexibility index (Phi) is 4.51. The fraction of sp³-hybridized carbons (Fsp3) is 0.125. The first-order chi connectivity index (χ1) is 11.2. The molecule has 114 valence electrons. The number of halogens is 1. The highest BCUT2D eigenvalue weighted by Crippen LogP contribution is 2.30.